The van der Waals surface area contributed by atoms with Gasteiger partial charge in [-0.05, 0) is 67.1 Å². The van der Waals surface area contributed by atoms with E-state index in [9.17, 15) is 8.42 Å². The molecule has 1 N–H and O–H groups in total. The monoisotopic (exact) mass is 335 g/mol. The molecule has 3 nitrogen and oxygen atoms in total. The summed E-state index contributed by atoms with van der Waals surface area (Å²) in [7, 11) is -3.55. The molecule has 1 atom stereocenters. The Bertz CT molecular complexity index is 785. The maximum atomic E-state index is 12.4. The molecule has 0 amide bonds. The summed E-state index contributed by atoms with van der Waals surface area (Å²) in [6.07, 6.45) is 3.39. The van der Waals surface area contributed by atoms with Gasteiger partial charge in [-0.3, -0.25) is 0 Å². The molecular weight excluding hydrogens is 318 g/mol. The van der Waals surface area contributed by atoms with Crippen molar-refractivity contribution in [3.63, 3.8) is 0 Å². The normalized spacial score (nSPS) is 15.5. The summed E-state index contributed by atoms with van der Waals surface area (Å²) in [5, 5.41) is 0.519. The van der Waals surface area contributed by atoms with Crippen molar-refractivity contribution >= 4 is 21.6 Å². The van der Waals surface area contributed by atoms with Gasteiger partial charge in [0.15, 0.2) is 0 Å². The molecule has 0 saturated heterocycles. The Kier molecular flexibility index (Phi) is 4.26. The van der Waals surface area contributed by atoms with Crippen LogP contribution in [0.4, 0.5) is 0 Å². The number of benzene rings is 2. The van der Waals surface area contributed by atoms with Crippen LogP contribution in [-0.2, 0) is 22.9 Å². The van der Waals surface area contributed by atoms with Crippen LogP contribution in [0.25, 0.3) is 0 Å². The largest absolute Gasteiger partial charge is 0.241 e. The first-order chi connectivity index (χ1) is 10.5. The van der Waals surface area contributed by atoms with Crippen LogP contribution in [0.1, 0.15) is 36.1 Å². The minimum Gasteiger partial charge on any atom is -0.207 e. The summed E-state index contributed by atoms with van der Waals surface area (Å²) < 4.78 is 27.5. The van der Waals surface area contributed by atoms with Gasteiger partial charge in [-0.15, -0.1) is 0 Å². The van der Waals surface area contributed by atoms with E-state index in [1.54, 1.807) is 12.1 Å². The van der Waals surface area contributed by atoms with Crippen LogP contribution >= 0.6 is 11.6 Å². The second kappa shape index (κ2) is 6.03. The Morgan fingerprint density at radius 1 is 1.05 bits per heavy atom. The zero-order valence-electron chi connectivity index (χ0n) is 12.3. The lowest BCUT2D eigenvalue weighted by molar-refractivity contribution is 0.567. The number of hydrogen-bond acceptors (Lipinski definition) is 2. The van der Waals surface area contributed by atoms with Crippen molar-refractivity contribution in [2.24, 2.45) is 0 Å². The molecule has 0 fully saturated rings. The number of nitrogens with one attached hydrogen (secondary N) is 1. The number of fused-ring (bicyclic) bond motifs is 1. The molecule has 2 aromatic carbocycles. The molecule has 1 aliphatic rings. The van der Waals surface area contributed by atoms with Crippen LogP contribution in [0.2, 0.25) is 5.02 Å². The van der Waals surface area contributed by atoms with Gasteiger partial charge in [-0.25, -0.2) is 13.1 Å². The topological polar surface area (TPSA) is 46.2 Å². The average molecular weight is 336 g/mol. The summed E-state index contributed by atoms with van der Waals surface area (Å²) in [4.78, 5) is 0.227. The Labute approximate surface area is 136 Å². The van der Waals surface area contributed by atoms with Gasteiger partial charge in [0, 0.05) is 11.1 Å². The number of halogens is 1. The lowest BCUT2D eigenvalue weighted by atomic mass is 10.0. The fourth-order valence-corrected chi connectivity index (χ4v) is 4.20. The maximum absolute atomic E-state index is 12.4. The standard InChI is InChI=1S/C17H18ClNO2S/c1-12(14-6-5-13-3-2-4-15(13)11-14)19-22(20,21)17-9-7-16(18)8-10-17/h5-12,19H,2-4H2,1H3/t12-/m1/s1. The third-order valence-corrected chi connectivity index (χ3v) is 5.89. The van der Waals surface area contributed by atoms with E-state index in [2.05, 4.69) is 16.9 Å². The Morgan fingerprint density at radius 3 is 2.45 bits per heavy atom. The SMILES string of the molecule is C[C@@H](NS(=O)(=O)c1ccc(Cl)cc1)c1ccc2c(c1)CCC2. The van der Waals surface area contributed by atoms with Gasteiger partial charge < -0.3 is 0 Å². The van der Waals surface area contributed by atoms with Crippen molar-refractivity contribution in [2.45, 2.75) is 37.1 Å². The molecule has 0 saturated carbocycles. The first kappa shape index (κ1) is 15.5. The molecule has 3 rings (SSSR count). The third kappa shape index (κ3) is 3.19. The molecule has 0 aliphatic heterocycles. The lowest BCUT2D eigenvalue weighted by Gasteiger charge is -2.16. The minimum atomic E-state index is -3.55. The molecular formula is C17H18ClNO2S. The fraction of sp³-hybridized carbons (Fsp3) is 0.294. The summed E-state index contributed by atoms with van der Waals surface area (Å²) in [5.41, 5.74) is 3.73. The minimum absolute atomic E-state index is 0.227. The summed E-state index contributed by atoms with van der Waals surface area (Å²) in [6.45, 7) is 1.87. The second-order valence-corrected chi connectivity index (χ2v) is 7.83. The lowest BCUT2D eigenvalue weighted by Crippen LogP contribution is -2.26. The predicted octanol–water partition coefficient (Wildman–Crippen LogP) is 3.87. The second-order valence-electron chi connectivity index (χ2n) is 5.68. The smallest absolute Gasteiger partial charge is 0.207 e. The van der Waals surface area contributed by atoms with Gasteiger partial charge >= 0.3 is 0 Å². The van der Waals surface area contributed by atoms with E-state index >= 15 is 0 Å². The highest BCUT2D eigenvalue weighted by Crippen LogP contribution is 2.26. The molecule has 0 bridgehead atoms. The summed E-state index contributed by atoms with van der Waals surface area (Å²) >= 11 is 5.80. The molecule has 22 heavy (non-hydrogen) atoms. The van der Waals surface area contributed by atoms with Gasteiger partial charge in [-0.2, -0.15) is 0 Å². The van der Waals surface area contributed by atoms with Crippen molar-refractivity contribution in [2.75, 3.05) is 0 Å². The van der Waals surface area contributed by atoms with Gasteiger partial charge in [0.2, 0.25) is 10.0 Å². The number of hydrogen-bond donors (Lipinski definition) is 1. The van der Waals surface area contributed by atoms with Crippen molar-refractivity contribution < 1.29 is 8.42 Å². The van der Waals surface area contributed by atoms with Crippen molar-refractivity contribution in [1.82, 2.24) is 4.72 Å². The van der Waals surface area contributed by atoms with E-state index in [0.717, 1.165) is 18.4 Å². The molecule has 0 spiro atoms. The van der Waals surface area contributed by atoms with Crippen LogP contribution < -0.4 is 4.72 Å². The van der Waals surface area contributed by atoms with E-state index in [-0.39, 0.29) is 10.9 Å². The maximum Gasteiger partial charge on any atom is 0.241 e. The van der Waals surface area contributed by atoms with E-state index < -0.39 is 10.0 Å². The van der Waals surface area contributed by atoms with Crippen molar-refractivity contribution in [3.05, 3.63) is 64.2 Å². The Hall–Kier alpha value is -1.36. The highest BCUT2D eigenvalue weighted by atomic mass is 35.5. The first-order valence-electron chi connectivity index (χ1n) is 7.35. The highest BCUT2D eigenvalue weighted by Gasteiger charge is 2.19. The van der Waals surface area contributed by atoms with Crippen LogP contribution in [0.5, 0.6) is 0 Å². The van der Waals surface area contributed by atoms with E-state index in [1.165, 1.54) is 29.7 Å². The van der Waals surface area contributed by atoms with Crippen molar-refractivity contribution in [1.29, 1.82) is 0 Å². The zero-order chi connectivity index (χ0) is 15.7. The number of aryl methyl sites for hydroxylation is 2. The van der Waals surface area contributed by atoms with E-state index in [0.29, 0.717) is 5.02 Å². The number of rotatable bonds is 4. The molecule has 0 unspecified atom stereocenters. The predicted molar refractivity (Wildman–Crippen MR) is 88.7 cm³/mol. The van der Waals surface area contributed by atoms with Crippen LogP contribution in [0.3, 0.4) is 0 Å². The van der Waals surface area contributed by atoms with Gasteiger partial charge in [0.05, 0.1) is 4.90 Å². The van der Waals surface area contributed by atoms with Gasteiger partial charge in [-0.1, -0.05) is 29.8 Å². The molecule has 0 radical (unpaired) electrons. The quantitative estimate of drug-likeness (QED) is 0.922. The molecule has 1 aliphatic carbocycles. The third-order valence-electron chi connectivity index (χ3n) is 4.08. The highest BCUT2D eigenvalue weighted by molar-refractivity contribution is 7.89. The molecule has 2 aromatic rings. The van der Waals surface area contributed by atoms with Gasteiger partial charge in [0.1, 0.15) is 0 Å². The zero-order valence-corrected chi connectivity index (χ0v) is 13.9. The molecule has 0 aromatic heterocycles. The van der Waals surface area contributed by atoms with Crippen molar-refractivity contribution in [3.8, 4) is 0 Å². The fourth-order valence-electron chi connectivity index (χ4n) is 2.84. The Morgan fingerprint density at radius 2 is 1.73 bits per heavy atom. The van der Waals surface area contributed by atoms with Crippen LogP contribution in [0, 0.1) is 0 Å². The summed E-state index contributed by atoms with van der Waals surface area (Å²) in [5.74, 6) is 0. The van der Waals surface area contributed by atoms with E-state index in [1.807, 2.05) is 13.0 Å². The number of sulfonamides is 1. The van der Waals surface area contributed by atoms with Crippen LogP contribution in [-0.4, -0.2) is 8.42 Å². The van der Waals surface area contributed by atoms with E-state index in [4.69, 9.17) is 11.6 Å². The molecule has 116 valence electrons. The Balaban J connectivity index is 1.81. The average Bonchev–Trinajstić information content (AvgIpc) is 2.94. The first-order valence-corrected chi connectivity index (χ1v) is 9.21. The summed E-state index contributed by atoms with van der Waals surface area (Å²) in [6, 6.07) is 12.2. The van der Waals surface area contributed by atoms with Crippen LogP contribution in [0.15, 0.2) is 47.4 Å². The molecule has 0 heterocycles. The molecule has 5 heteroatoms. The van der Waals surface area contributed by atoms with Gasteiger partial charge in [0.25, 0.3) is 0 Å².